The van der Waals surface area contributed by atoms with E-state index < -0.39 is 23.9 Å². The van der Waals surface area contributed by atoms with Crippen LogP contribution in [0.3, 0.4) is 0 Å². The number of amides is 3. The Bertz CT molecular complexity index is 1280. The highest BCUT2D eigenvalue weighted by Crippen LogP contribution is 2.49. The van der Waals surface area contributed by atoms with Crippen LogP contribution in [-0.2, 0) is 4.79 Å². The van der Waals surface area contributed by atoms with Crippen molar-refractivity contribution in [3.05, 3.63) is 83.4 Å². The molecule has 0 spiro atoms. The number of anilines is 1. The molecule has 0 radical (unpaired) electrons. The molecular weight excluding hydrogens is 514 g/mol. The van der Waals surface area contributed by atoms with Crippen molar-refractivity contribution in [3.8, 4) is 0 Å². The molecule has 2 aromatic carbocycles. The van der Waals surface area contributed by atoms with Gasteiger partial charge in [-0.2, -0.15) is 0 Å². The van der Waals surface area contributed by atoms with Crippen LogP contribution in [0.5, 0.6) is 0 Å². The smallest absolute Gasteiger partial charge is 0.264 e. The largest absolute Gasteiger partial charge is 0.300 e. The lowest BCUT2D eigenvalue weighted by atomic mass is 9.90. The highest BCUT2D eigenvalue weighted by Gasteiger charge is 2.58. The SMILES string of the molecule is Cc1cccc(N2C(=O)C(N3C(=O)c4c(Cl)c(Cl)c(Cl)c(Cl)c4C3=O)C2c2cccs2)c1. The number of fused-ring (bicyclic) bond motifs is 1. The van der Waals surface area contributed by atoms with Crippen molar-refractivity contribution in [1.29, 1.82) is 0 Å². The van der Waals surface area contributed by atoms with E-state index in [4.69, 9.17) is 46.4 Å². The van der Waals surface area contributed by atoms with Gasteiger partial charge in [0, 0.05) is 10.6 Å². The first-order valence-electron chi connectivity index (χ1n) is 9.41. The lowest BCUT2D eigenvalue weighted by Crippen LogP contribution is -2.67. The Kier molecular flexibility index (Phi) is 5.26. The lowest BCUT2D eigenvalue weighted by molar-refractivity contribution is -0.130. The number of hydrogen-bond acceptors (Lipinski definition) is 4. The van der Waals surface area contributed by atoms with Crippen LogP contribution in [0.2, 0.25) is 20.1 Å². The third-order valence-corrected chi connectivity index (χ3v) is 8.34. The number of carbonyl (C=O) groups is 3. The number of aryl methyl sites for hydroxylation is 1. The third-order valence-electron chi connectivity index (χ3n) is 5.59. The third kappa shape index (κ3) is 2.94. The van der Waals surface area contributed by atoms with Crippen molar-refractivity contribution >= 4 is 81.1 Å². The summed E-state index contributed by atoms with van der Waals surface area (Å²) >= 11 is 26.2. The monoisotopic (exact) mass is 524 g/mol. The second kappa shape index (κ2) is 7.75. The summed E-state index contributed by atoms with van der Waals surface area (Å²) in [5.74, 6) is -1.83. The molecule has 1 fully saturated rings. The van der Waals surface area contributed by atoms with E-state index in [1.807, 2.05) is 48.7 Å². The quantitative estimate of drug-likeness (QED) is 0.171. The molecule has 3 heterocycles. The van der Waals surface area contributed by atoms with Gasteiger partial charge in [0.1, 0.15) is 12.1 Å². The number of halogens is 4. The van der Waals surface area contributed by atoms with Crippen LogP contribution in [0.25, 0.3) is 0 Å². The summed E-state index contributed by atoms with van der Waals surface area (Å²) in [6.07, 6.45) is 0. The number of carbonyl (C=O) groups excluding carboxylic acids is 3. The van der Waals surface area contributed by atoms with Crippen LogP contribution in [0.15, 0.2) is 41.8 Å². The predicted octanol–water partition coefficient (Wildman–Crippen LogP) is 6.42. The predicted molar refractivity (Wildman–Crippen MR) is 126 cm³/mol. The molecule has 2 aliphatic rings. The highest BCUT2D eigenvalue weighted by molar-refractivity contribution is 7.10. The van der Waals surface area contributed by atoms with Crippen molar-refractivity contribution in [1.82, 2.24) is 4.90 Å². The van der Waals surface area contributed by atoms with Crippen molar-refractivity contribution in [2.75, 3.05) is 4.90 Å². The first-order valence-corrected chi connectivity index (χ1v) is 11.8. The van der Waals surface area contributed by atoms with Crippen LogP contribution in [0.4, 0.5) is 5.69 Å². The standard InChI is InChI=1S/C22H12Cl4N2O3S/c1-9-4-2-5-10(8-9)27-18(11-6-3-7-32-11)19(22(27)31)28-20(29)12-13(21(28)30)15(24)17(26)16(25)14(12)23/h2-8,18-19H,1H3. The van der Waals surface area contributed by atoms with Gasteiger partial charge in [-0.1, -0.05) is 64.6 Å². The van der Waals surface area contributed by atoms with Crippen molar-refractivity contribution in [2.45, 2.75) is 19.0 Å². The van der Waals surface area contributed by atoms with E-state index in [1.54, 1.807) is 4.90 Å². The average molecular weight is 526 g/mol. The Morgan fingerprint density at radius 1 is 0.781 bits per heavy atom. The molecular formula is C22H12Cl4N2O3S. The second-order valence-corrected chi connectivity index (χ2v) is 9.93. The van der Waals surface area contributed by atoms with Gasteiger partial charge >= 0.3 is 0 Å². The summed E-state index contributed by atoms with van der Waals surface area (Å²) in [6.45, 7) is 1.92. The molecule has 5 nitrogen and oxygen atoms in total. The Labute approximate surface area is 207 Å². The molecule has 162 valence electrons. The van der Waals surface area contributed by atoms with Gasteiger partial charge < -0.3 is 0 Å². The number of hydrogen-bond donors (Lipinski definition) is 0. The number of thiophene rings is 1. The minimum absolute atomic E-state index is 0.115. The molecule has 0 N–H and O–H groups in total. The summed E-state index contributed by atoms with van der Waals surface area (Å²) in [7, 11) is 0. The van der Waals surface area contributed by atoms with E-state index in [2.05, 4.69) is 0 Å². The van der Waals surface area contributed by atoms with Gasteiger partial charge in [-0.15, -0.1) is 11.3 Å². The van der Waals surface area contributed by atoms with E-state index in [9.17, 15) is 14.4 Å². The van der Waals surface area contributed by atoms with Crippen LogP contribution in [-0.4, -0.2) is 28.7 Å². The number of imide groups is 1. The van der Waals surface area contributed by atoms with Gasteiger partial charge in [0.2, 0.25) is 0 Å². The zero-order valence-corrected chi connectivity index (χ0v) is 20.1. The summed E-state index contributed by atoms with van der Waals surface area (Å²) in [5.41, 5.74) is 1.39. The van der Waals surface area contributed by atoms with E-state index in [0.717, 1.165) is 15.3 Å². The molecule has 2 atom stereocenters. The molecule has 32 heavy (non-hydrogen) atoms. The van der Waals surface area contributed by atoms with E-state index >= 15 is 0 Å². The minimum Gasteiger partial charge on any atom is -0.300 e. The van der Waals surface area contributed by atoms with Gasteiger partial charge in [-0.25, -0.2) is 0 Å². The molecule has 1 saturated heterocycles. The summed E-state index contributed by atoms with van der Waals surface area (Å²) in [5, 5.41) is 1.32. The zero-order chi connectivity index (χ0) is 22.9. The van der Waals surface area contributed by atoms with Crippen molar-refractivity contribution < 1.29 is 14.4 Å². The molecule has 0 aliphatic carbocycles. The van der Waals surface area contributed by atoms with Crippen LogP contribution in [0, 0.1) is 6.92 Å². The Morgan fingerprint density at radius 2 is 1.41 bits per heavy atom. The minimum atomic E-state index is -1.05. The Balaban J connectivity index is 1.62. The van der Waals surface area contributed by atoms with Gasteiger partial charge in [-0.3, -0.25) is 24.2 Å². The van der Waals surface area contributed by atoms with E-state index in [0.29, 0.717) is 5.69 Å². The van der Waals surface area contributed by atoms with Crippen molar-refractivity contribution in [2.24, 2.45) is 0 Å². The number of β-lactam (4-membered cyclic amide) rings is 1. The molecule has 5 rings (SSSR count). The summed E-state index contributed by atoms with van der Waals surface area (Å²) < 4.78 is 0. The molecule has 2 unspecified atom stereocenters. The first kappa shape index (κ1) is 21.7. The van der Waals surface area contributed by atoms with Crippen LogP contribution < -0.4 is 4.90 Å². The number of nitrogens with zero attached hydrogens (tertiary/aromatic N) is 2. The lowest BCUT2D eigenvalue weighted by Gasteiger charge is -2.49. The fraction of sp³-hybridized carbons (Fsp3) is 0.136. The second-order valence-electron chi connectivity index (χ2n) is 7.44. The van der Waals surface area contributed by atoms with Gasteiger partial charge in [0.15, 0.2) is 0 Å². The van der Waals surface area contributed by atoms with Gasteiger partial charge in [0.05, 0.1) is 31.2 Å². The molecule has 3 aromatic rings. The molecule has 0 saturated carbocycles. The Hall–Kier alpha value is -2.09. The Morgan fingerprint density at radius 3 is 1.94 bits per heavy atom. The van der Waals surface area contributed by atoms with Crippen LogP contribution in [0.1, 0.15) is 37.2 Å². The van der Waals surface area contributed by atoms with E-state index in [1.165, 1.54) is 11.3 Å². The maximum atomic E-state index is 13.4. The fourth-order valence-corrected chi connectivity index (χ4v) is 6.01. The zero-order valence-electron chi connectivity index (χ0n) is 16.2. The summed E-state index contributed by atoms with van der Waals surface area (Å²) in [6, 6.07) is 9.59. The average Bonchev–Trinajstić information content (AvgIpc) is 3.37. The highest BCUT2D eigenvalue weighted by atomic mass is 35.5. The normalized spacial score (nSPS) is 20.1. The maximum absolute atomic E-state index is 13.4. The van der Waals surface area contributed by atoms with Gasteiger partial charge in [-0.05, 0) is 36.1 Å². The maximum Gasteiger partial charge on any atom is 0.264 e. The number of rotatable bonds is 3. The van der Waals surface area contributed by atoms with Crippen LogP contribution >= 0.6 is 57.7 Å². The van der Waals surface area contributed by atoms with Gasteiger partial charge in [0.25, 0.3) is 17.7 Å². The number of benzene rings is 2. The summed E-state index contributed by atoms with van der Waals surface area (Å²) in [4.78, 5) is 43.4. The molecule has 10 heteroatoms. The molecule has 1 aromatic heterocycles. The molecule has 2 aliphatic heterocycles. The first-order chi connectivity index (χ1) is 15.2. The molecule has 3 amide bonds. The topological polar surface area (TPSA) is 57.7 Å². The van der Waals surface area contributed by atoms with Crippen molar-refractivity contribution in [3.63, 3.8) is 0 Å². The fourth-order valence-electron chi connectivity index (χ4n) is 4.15. The van der Waals surface area contributed by atoms with E-state index in [-0.39, 0.29) is 37.1 Å². The molecule has 0 bridgehead atoms.